The third kappa shape index (κ3) is 3.67. The Labute approximate surface area is 83.0 Å². The largest absolute Gasteiger partial charge is 0.325 e. The summed E-state index contributed by atoms with van der Waals surface area (Å²) in [6, 6.07) is 0. The van der Waals surface area contributed by atoms with Gasteiger partial charge in [0.1, 0.15) is 0 Å². The molecule has 0 spiro atoms. The average Bonchev–Trinajstić information content (AvgIpc) is 1.94. The summed E-state index contributed by atoms with van der Waals surface area (Å²) >= 11 is 0. The van der Waals surface area contributed by atoms with E-state index >= 15 is 0 Å². The molecular formula is C10H19V-. The van der Waals surface area contributed by atoms with Gasteiger partial charge < -0.3 is 6.42 Å². The molecule has 2 atom stereocenters. The molecule has 0 aromatic rings. The van der Waals surface area contributed by atoms with Crippen LogP contribution in [-0.4, -0.2) is 0 Å². The molecule has 1 aliphatic carbocycles. The predicted molar refractivity (Wildman–Crippen MR) is 45.7 cm³/mol. The van der Waals surface area contributed by atoms with Crippen molar-refractivity contribution in [2.75, 3.05) is 0 Å². The molecule has 0 aromatic heterocycles. The molecule has 1 saturated carbocycles. The van der Waals surface area contributed by atoms with Crippen LogP contribution in [-0.2, 0) is 18.6 Å². The third-order valence-corrected chi connectivity index (χ3v) is 2.72. The average molecular weight is 190 g/mol. The van der Waals surface area contributed by atoms with E-state index in [0.29, 0.717) is 0 Å². The molecule has 0 N–H and O–H groups in total. The van der Waals surface area contributed by atoms with Gasteiger partial charge in [0.15, 0.2) is 0 Å². The standard InChI is InChI=1S/C10H19.V/c1-3-6-10-8-5-4-7-9(10)2;/h6,9-10H,3-5,7-8H2,1-2H3;/q-1;. The van der Waals surface area contributed by atoms with E-state index in [1.54, 1.807) is 0 Å². The van der Waals surface area contributed by atoms with E-state index in [-0.39, 0.29) is 18.6 Å². The molecule has 1 radical (unpaired) electrons. The maximum Gasteiger partial charge on any atom is 0 e. The van der Waals surface area contributed by atoms with E-state index in [0.717, 1.165) is 11.8 Å². The van der Waals surface area contributed by atoms with Gasteiger partial charge >= 0.3 is 0 Å². The molecule has 0 bridgehead atoms. The summed E-state index contributed by atoms with van der Waals surface area (Å²) in [6.45, 7) is 4.65. The normalized spacial score (nSPS) is 31.1. The van der Waals surface area contributed by atoms with Crippen molar-refractivity contribution in [1.29, 1.82) is 0 Å². The van der Waals surface area contributed by atoms with E-state index in [1.807, 2.05) is 0 Å². The van der Waals surface area contributed by atoms with Crippen LogP contribution in [0, 0.1) is 18.3 Å². The minimum Gasteiger partial charge on any atom is -0.325 e. The molecule has 65 valence electrons. The van der Waals surface area contributed by atoms with Crippen LogP contribution in [0.15, 0.2) is 0 Å². The van der Waals surface area contributed by atoms with Crippen LogP contribution >= 0.6 is 0 Å². The van der Waals surface area contributed by atoms with Crippen molar-refractivity contribution in [1.82, 2.24) is 0 Å². The molecule has 0 heterocycles. The Morgan fingerprint density at radius 3 is 2.45 bits per heavy atom. The number of hydrogen-bond donors (Lipinski definition) is 0. The van der Waals surface area contributed by atoms with Gasteiger partial charge in [-0.25, -0.2) is 0 Å². The summed E-state index contributed by atoms with van der Waals surface area (Å²) in [4.78, 5) is 0. The van der Waals surface area contributed by atoms with Gasteiger partial charge in [-0.1, -0.05) is 45.4 Å². The molecule has 1 fully saturated rings. The van der Waals surface area contributed by atoms with Crippen LogP contribution in [0.25, 0.3) is 0 Å². The predicted octanol–water partition coefficient (Wildman–Crippen LogP) is 3.42. The molecule has 11 heavy (non-hydrogen) atoms. The van der Waals surface area contributed by atoms with Gasteiger partial charge in [-0.3, -0.25) is 0 Å². The molecule has 0 saturated heterocycles. The molecule has 0 amide bonds. The first-order valence-electron chi connectivity index (χ1n) is 4.68. The fourth-order valence-corrected chi connectivity index (χ4v) is 2.00. The zero-order valence-corrected chi connectivity index (χ0v) is 9.11. The first-order chi connectivity index (χ1) is 4.84. The minimum atomic E-state index is 0. The monoisotopic (exact) mass is 190 g/mol. The first-order valence-corrected chi connectivity index (χ1v) is 4.68. The van der Waals surface area contributed by atoms with Gasteiger partial charge in [0.05, 0.1) is 0 Å². The Hall–Kier alpha value is 0.584. The van der Waals surface area contributed by atoms with E-state index in [9.17, 15) is 0 Å². The summed E-state index contributed by atoms with van der Waals surface area (Å²) in [5, 5.41) is 0. The zero-order valence-electron chi connectivity index (χ0n) is 7.71. The zero-order chi connectivity index (χ0) is 7.40. The Bertz CT molecular complexity index is 88.9. The molecule has 0 nitrogen and oxygen atoms in total. The molecule has 1 aliphatic rings. The minimum absolute atomic E-state index is 0. The molecular weight excluding hydrogens is 171 g/mol. The summed E-state index contributed by atoms with van der Waals surface area (Å²) in [7, 11) is 0. The van der Waals surface area contributed by atoms with Crippen molar-refractivity contribution >= 4 is 0 Å². The molecule has 2 unspecified atom stereocenters. The third-order valence-electron chi connectivity index (χ3n) is 2.72. The number of rotatable bonds is 2. The molecule has 1 heteroatoms. The number of hydrogen-bond acceptors (Lipinski definition) is 0. The first kappa shape index (κ1) is 11.6. The Morgan fingerprint density at radius 2 is 1.91 bits per heavy atom. The van der Waals surface area contributed by atoms with Crippen molar-refractivity contribution in [3.05, 3.63) is 6.42 Å². The van der Waals surface area contributed by atoms with Crippen LogP contribution in [0.3, 0.4) is 0 Å². The van der Waals surface area contributed by atoms with Gasteiger partial charge in [-0.15, -0.1) is 0 Å². The van der Waals surface area contributed by atoms with Crippen molar-refractivity contribution < 1.29 is 18.6 Å². The maximum absolute atomic E-state index is 2.50. The van der Waals surface area contributed by atoms with Crippen LogP contribution in [0.2, 0.25) is 0 Å². The van der Waals surface area contributed by atoms with Crippen molar-refractivity contribution in [3.63, 3.8) is 0 Å². The SMILES string of the molecule is CC[CH-]C1CCCCC1C.[V]. The van der Waals surface area contributed by atoms with Gasteiger partial charge in [0.25, 0.3) is 0 Å². The summed E-state index contributed by atoms with van der Waals surface area (Å²) in [5.74, 6) is 1.91. The van der Waals surface area contributed by atoms with Crippen LogP contribution < -0.4 is 0 Å². The van der Waals surface area contributed by atoms with Crippen LogP contribution in [0.1, 0.15) is 46.0 Å². The van der Waals surface area contributed by atoms with E-state index in [1.165, 1.54) is 32.1 Å². The van der Waals surface area contributed by atoms with Crippen LogP contribution in [0.5, 0.6) is 0 Å². The second-order valence-electron chi connectivity index (χ2n) is 3.57. The quantitative estimate of drug-likeness (QED) is 0.585. The molecule has 1 rings (SSSR count). The van der Waals surface area contributed by atoms with E-state index < -0.39 is 0 Å². The maximum atomic E-state index is 2.50. The topological polar surface area (TPSA) is 0 Å². The second-order valence-corrected chi connectivity index (χ2v) is 3.57. The Morgan fingerprint density at radius 1 is 1.27 bits per heavy atom. The summed E-state index contributed by atoms with van der Waals surface area (Å²) in [6.07, 6.45) is 9.61. The second kappa shape index (κ2) is 6.14. The van der Waals surface area contributed by atoms with E-state index in [2.05, 4.69) is 20.3 Å². The van der Waals surface area contributed by atoms with Gasteiger partial charge in [0.2, 0.25) is 0 Å². The van der Waals surface area contributed by atoms with E-state index in [4.69, 9.17) is 0 Å². The Kier molecular flexibility index (Phi) is 6.47. The van der Waals surface area contributed by atoms with Crippen molar-refractivity contribution in [2.24, 2.45) is 11.8 Å². The Balaban J connectivity index is 0.000001000. The summed E-state index contributed by atoms with van der Waals surface area (Å²) in [5.41, 5.74) is 0. The van der Waals surface area contributed by atoms with Gasteiger partial charge in [-0.2, -0.15) is 12.3 Å². The van der Waals surface area contributed by atoms with Crippen molar-refractivity contribution in [3.8, 4) is 0 Å². The molecule has 0 aromatic carbocycles. The van der Waals surface area contributed by atoms with Crippen molar-refractivity contribution in [2.45, 2.75) is 46.0 Å². The van der Waals surface area contributed by atoms with Gasteiger partial charge in [-0.05, 0) is 0 Å². The van der Waals surface area contributed by atoms with Gasteiger partial charge in [0, 0.05) is 18.6 Å². The fourth-order valence-electron chi connectivity index (χ4n) is 2.00. The molecule has 0 aliphatic heterocycles. The summed E-state index contributed by atoms with van der Waals surface area (Å²) < 4.78 is 0. The van der Waals surface area contributed by atoms with Crippen LogP contribution in [0.4, 0.5) is 0 Å². The fraction of sp³-hybridized carbons (Fsp3) is 0.900. The smallest absolute Gasteiger partial charge is 0 e.